The zero-order valence-electron chi connectivity index (χ0n) is 12.0. The van der Waals surface area contributed by atoms with Gasteiger partial charge in [-0.05, 0) is 17.7 Å². The van der Waals surface area contributed by atoms with E-state index >= 15 is 0 Å². The highest BCUT2D eigenvalue weighted by Crippen LogP contribution is 2.10. The molecule has 7 heteroatoms. The summed E-state index contributed by atoms with van der Waals surface area (Å²) in [5, 5.41) is 3.27. The largest absolute Gasteiger partial charge is 0.310 e. The standard InChI is InChI=1S/C13H22N2O3S2/c1-11(2)14-10-12-4-6-13(7-5-12)20(17,18)15-8-9-19(3)16/h4-7,11,14-15H,8-10H2,1-3H3. The van der Waals surface area contributed by atoms with Crippen molar-refractivity contribution in [1.29, 1.82) is 0 Å². The van der Waals surface area contributed by atoms with Crippen LogP contribution in [0.15, 0.2) is 29.2 Å². The molecule has 0 amide bonds. The monoisotopic (exact) mass is 318 g/mol. The lowest BCUT2D eigenvalue weighted by atomic mass is 10.2. The van der Waals surface area contributed by atoms with Crippen LogP contribution in [0.25, 0.3) is 0 Å². The number of nitrogens with one attached hydrogen (secondary N) is 2. The zero-order chi connectivity index (χ0) is 15.2. The summed E-state index contributed by atoms with van der Waals surface area (Å²) in [4.78, 5) is 0.229. The van der Waals surface area contributed by atoms with Gasteiger partial charge in [0, 0.05) is 41.9 Å². The normalized spacial score (nSPS) is 13.6. The Morgan fingerprint density at radius 1 is 1.20 bits per heavy atom. The molecule has 2 N–H and O–H groups in total. The number of hydrogen-bond acceptors (Lipinski definition) is 4. The van der Waals surface area contributed by atoms with Gasteiger partial charge in [0.05, 0.1) is 4.90 Å². The zero-order valence-corrected chi connectivity index (χ0v) is 13.7. The van der Waals surface area contributed by atoms with Crippen LogP contribution >= 0.6 is 0 Å². The van der Waals surface area contributed by atoms with Gasteiger partial charge in [0.1, 0.15) is 0 Å². The molecule has 0 fully saturated rings. The summed E-state index contributed by atoms with van der Waals surface area (Å²) < 4.78 is 37.3. The maximum atomic E-state index is 12.0. The summed E-state index contributed by atoms with van der Waals surface area (Å²) >= 11 is 0. The van der Waals surface area contributed by atoms with Crippen LogP contribution in [-0.2, 0) is 27.4 Å². The van der Waals surface area contributed by atoms with Gasteiger partial charge in [-0.2, -0.15) is 0 Å². The third-order valence-corrected chi connectivity index (χ3v) is 4.89. The molecule has 1 aromatic carbocycles. The number of hydrogen-bond donors (Lipinski definition) is 2. The van der Waals surface area contributed by atoms with E-state index in [0.717, 1.165) is 5.56 Å². The highest BCUT2D eigenvalue weighted by atomic mass is 32.2. The molecule has 0 heterocycles. The van der Waals surface area contributed by atoms with E-state index in [1.165, 1.54) is 0 Å². The average molecular weight is 318 g/mol. The fraction of sp³-hybridized carbons (Fsp3) is 0.538. The molecule has 0 aliphatic rings. The molecule has 114 valence electrons. The topological polar surface area (TPSA) is 75.3 Å². The number of benzene rings is 1. The van der Waals surface area contributed by atoms with Crippen LogP contribution in [0.3, 0.4) is 0 Å². The Balaban J connectivity index is 2.64. The van der Waals surface area contributed by atoms with Crippen LogP contribution in [0.2, 0.25) is 0 Å². The molecule has 0 aliphatic heterocycles. The average Bonchev–Trinajstić information content (AvgIpc) is 2.36. The lowest BCUT2D eigenvalue weighted by molar-refractivity contribution is 0.582. The van der Waals surface area contributed by atoms with E-state index in [4.69, 9.17) is 0 Å². The van der Waals surface area contributed by atoms with Gasteiger partial charge in [0.2, 0.25) is 10.0 Å². The van der Waals surface area contributed by atoms with Gasteiger partial charge in [-0.3, -0.25) is 4.21 Å². The lowest BCUT2D eigenvalue weighted by Crippen LogP contribution is -2.27. The summed E-state index contributed by atoms with van der Waals surface area (Å²) in [6.45, 7) is 5.00. The summed E-state index contributed by atoms with van der Waals surface area (Å²) in [6.07, 6.45) is 1.55. The molecule has 1 unspecified atom stereocenters. The van der Waals surface area contributed by atoms with Crippen LogP contribution in [0.1, 0.15) is 19.4 Å². The van der Waals surface area contributed by atoms with Crippen LogP contribution in [0.4, 0.5) is 0 Å². The first kappa shape index (κ1) is 17.3. The Kier molecular flexibility index (Phi) is 6.81. The van der Waals surface area contributed by atoms with Crippen LogP contribution in [0, 0.1) is 0 Å². The van der Waals surface area contributed by atoms with Crippen molar-refractivity contribution in [2.24, 2.45) is 0 Å². The first-order chi connectivity index (χ1) is 9.31. The Bertz CT molecular complexity index is 539. The predicted molar refractivity (Wildman–Crippen MR) is 82.5 cm³/mol. The molecule has 20 heavy (non-hydrogen) atoms. The van der Waals surface area contributed by atoms with E-state index in [9.17, 15) is 12.6 Å². The predicted octanol–water partition coefficient (Wildman–Crippen LogP) is 0.841. The molecule has 0 saturated carbocycles. The van der Waals surface area contributed by atoms with Crippen molar-refractivity contribution < 1.29 is 12.6 Å². The van der Waals surface area contributed by atoms with Crippen molar-refractivity contribution in [3.05, 3.63) is 29.8 Å². The SMILES string of the molecule is CC(C)NCc1ccc(S(=O)(=O)NCCS(C)=O)cc1. The van der Waals surface area contributed by atoms with Crippen LogP contribution < -0.4 is 10.0 Å². The van der Waals surface area contributed by atoms with E-state index in [-0.39, 0.29) is 11.4 Å². The van der Waals surface area contributed by atoms with Crippen molar-refractivity contribution in [2.45, 2.75) is 31.3 Å². The van der Waals surface area contributed by atoms with Gasteiger partial charge < -0.3 is 5.32 Å². The quantitative estimate of drug-likeness (QED) is 0.745. The van der Waals surface area contributed by atoms with Gasteiger partial charge in [0.15, 0.2) is 0 Å². The maximum Gasteiger partial charge on any atom is 0.240 e. The Labute approximate surface area is 123 Å². The van der Waals surface area contributed by atoms with Crippen molar-refractivity contribution >= 4 is 20.8 Å². The molecular weight excluding hydrogens is 296 g/mol. The van der Waals surface area contributed by atoms with Crippen LogP contribution in [0.5, 0.6) is 0 Å². The molecule has 1 atom stereocenters. The minimum atomic E-state index is -3.51. The van der Waals surface area contributed by atoms with Gasteiger partial charge in [-0.25, -0.2) is 13.1 Å². The second-order valence-corrected chi connectivity index (χ2v) is 8.18. The van der Waals surface area contributed by atoms with Crippen molar-refractivity contribution in [3.63, 3.8) is 0 Å². The Morgan fingerprint density at radius 2 is 1.80 bits per heavy atom. The van der Waals surface area contributed by atoms with Crippen LogP contribution in [-0.4, -0.2) is 37.2 Å². The molecular formula is C13H22N2O3S2. The smallest absolute Gasteiger partial charge is 0.240 e. The molecule has 0 saturated heterocycles. The maximum absolute atomic E-state index is 12.0. The van der Waals surface area contributed by atoms with Gasteiger partial charge in [-0.1, -0.05) is 26.0 Å². The van der Waals surface area contributed by atoms with Crippen molar-refractivity contribution in [3.8, 4) is 0 Å². The van der Waals surface area contributed by atoms with E-state index in [0.29, 0.717) is 18.3 Å². The lowest BCUT2D eigenvalue weighted by Gasteiger charge is -2.09. The van der Waals surface area contributed by atoms with Gasteiger partial charge >= 0.3 is 0 Å². The van der Waals surface area contributed by atoms with Crippen molar-refractivity contribution in [1.82, 2.24) is 10.0 Å². The summed E-state index contributed by atoms with van der Waals surface area (Å²) in [7, 11) is -4.51. The third kappa shape index (κ3) is 6.13. The molecule has 0 aliphatic carbocycles. The second kappa shape index (κ2) is 7.87. The third-order valence-electron chi connectivity index (χ3n) is 2.63. The summed E-state index contributed by atoms with van der Waals surface area (Å²) in [6, 6.07) is 7.14. The van der Waals surface area contributed by atoms with E-state index in [1.807, 2.05) is 0 Å². The number of rotatable bonds is 8. The highest BCUT2D eigenvalue weighted by Gasteiger charge is 2.13. The molecule has 0 aromatic heterocycles. The number of sulfonamides is 1. The molecule has 0 radical (unpaired) electrons. The minimum absolute atomic E-state index is 0.183. The molecule has 1 rings (SSSR count). The Morgan fingerprint density at radius 3 is 2.30 bits per heavy atom. The Hall–Kier alpha value is -0.760. The molecule has 5 nitrogen and oxygen atoms in total. The highest BCUT2D eigenvalue weighted by molar-refractivity contribution is 7.89. The van der Waals surface area contributed by atoms with Gasteiger partial charge in [0.25, 0.3) is 0 Å². The van der Waals surface area contributed by atoms with Crippen molar-refractivity contribution in [2.75, 3.05) is 18.6 Å². The first-order valence-electron chi connectivity index (χ1n) is 6.43. The fourth-order valence-electron chi connectivity index (χ4n) is 1.51. The molecule has 0 bridgehead atoms. The minimum Gasteiger partial charge on any atom is -0.310 e. The summed E-state index contributed by atoms with van der Waals surface area (Å²) in [5.41, 5.74) is 1.03. The second-order valence-electron chi connectivity index (χ2n) is 4.85. The fourth-order valence-corrected chi connectivity index (χ4v) is 3.06. The molecule has 0 spiro atoms. The first-order valence-corrected chi connectivity index (χ1v) is 9.64. The van der Waals surface area contributed by atoms with Gasteiger partial charge in [-0.15, -0.1) is 0 Å². The van der Waals surface area contributed by atoms with E-state index in [1.54, 1.807) is 30.5 Å². The molecule has 1 aromatic rings. The summed E-state index contributed by atoms with van der Waals surface area (Å²) in [5.74, 6) is 0.315. The van der Waals surface area contributed by atoms with E-state index in [2.05, 4.69) is 23.9 Å². The van der Waals surface area contributed by atoms with E-state index < -0.39 is 20.8 Å².